The first-order valence-corrected chi connectivity index (χ1v) is 5.83. The quantitative estimate of drug-likeness (QED) is 0.762. The third-order valence-electron chi connectivity index (χ3n) is 2.20. The van der Waals surface area contributed by atoms with E-state index in [-0.39, 0.29) is 16.7 Å². The van der Waals surface area contributed by atoms with E-state index >= 15 is 0 Å². The lowest BCUT2D eigenvalue weighted by atomic mass is 10.2. The zero-order valence-electron chi connectivity index (χ0n) is 9.10. The molecule has 2 aromatic rings. The van der Waals surface area contributed by atoms with Gasteiger partial charge in [0.15, 0.2) is 0 Å². The highest BCUT2D eigenvalue weighted by atomic mass is 32.1. The number of rotatable bonds is 3. The van der Waals surface area contributed by atoms with Crippen molar-refractivity contribution in [2.24, 2.45) is 5.73 Å². The second kappa shape index (κ2) is 4.84. The molecule has 0 spiro atoms. The van der Waals surface area contributed by atoms with Crippen LogP contribution in [0.5, 0.6) is 0 Å². The molecule has 18 heavy (non-hydrogen) atoms. The summed E-state index contributed by atoms with van der Waals surface area (Å²) in [5.74, 6) is -1.08. The first-order valence-electron chi connectivity index (χ1n) is 4.95. The molecule has 0 unspecified atom stereocenters. The van der Waals surface area contributed by atoms with Crippen LogP contribution in [-0.4, -0.2) is 16.8 Å². The van der Waals surface area contributed by atoms with Gasteiger partial charge in [0.05, 0.1) is 5.56 Å². The number of thiophene rings is 1. The Kier molecular flexibility index (Phi) is 3.24. The smallest absolute Gasteiger partial charge is 0.256 e. The van der Waals surface area contributed by atoms with E-state index in [1.165, 1.54) is 35.7 Å². The van der Waals surface area contributed by atoms with Gasteiger partial charge in [-0.2, -0.15) is 0 Å². The van der Waals surface area contributed by atoms with Crippen LogP contribution < -0.4 is 16.6 Å². The van der Waals surface area contributed by atoms with Crippen LogP contribution in [0.3, 0.4) is 0 Å². The molecule has 0 fully saturated rings. The lowest BCUT2D eigenvalue weighted by Gasteiger charge is -2.03. The number of aromatic amines is 1. The number of pyridine rings is 1. The summed E-state index contributed by atoms with van der Waals surface area (Å²) in [6.45, 7) is 0. The fourth-order valence-corrected chi connectivity index (χ4v) is 2.15. The number of amides is 2. The van der Waals surface area contributed by atoms with Crippen molar-refractivity contribution in [3.8, 4) is 0 Å². The van der Waals surface area contributed by atoms with Gasteiger partial charge in [-0.15, -0.1) is 11.3 Å². The molecular formula is C11H9N3O3S. The number of anilines is 1. The fourth-order valence-electron chi connectivity index (χ4n) is 1.36. The highest BCUT2D eigenvalue weighted by Crippen LogP contribution is 2.23. The summed E-state index contributed by atoms with van der Waals surface area (Å²) in [6.07, 6.45) is 1.38. The van der Waals surface area contributed by atoms with Crippen LogP contribution in [0.2, 0.25) is 0 Å². The molecule has 0 saturated heterocycles. The summed E-state index contributed by atoms with van der Waals surface area (Å²) in [5, 5.41) is 4.56. The van der Waals surface area contributed by atoms with Crippen LogP contribution in [0, 0.1) is 0 Å². The molecule has 0 aliphatic heterocycles. The van der Waals surface area contributed by atoms with Gasteiger partial charge in [-0.25, -0.2) is 0 Å². The van der Waals surface area contributed by atoms with Gasteiger partial charge < -0.3 is 16.0 Å². The van der Waals surface area contributed by atoms with Crippen molar-refractivity contribution in [1.82, 2.24) is 4.98 Å². The summed E-state index contributed by atoms with van der Waals surface area (Å²) < 4.78 is 0. The van der Waals surface area contributed by atoms with E-state index < -0.39 is 11.8 Å². The molecule has 2 amide bonds. The predicted molar refractivity (Wildman–Crippen MR) is 67.9 cm³/mol. The molecule has 0 aliphatic carbocycles. The molecule has 0 aliphatic rings. The van der Waals surface area contributed by atoms with E-state index in [2.05, 4.69) is 10.3 Å². The van der Waals surface area contributed by atoms with Crippen molar-refractivity contribution < 1.29 is 9.59 Å². The Balaban J connectivity index is 2.24. The number of nitrogens with two attached hydrogens (primary N) is 1. The second-order valence-electron chi connectivity index (χ2n) is 3.42. The molecule has 0 aromatic carbocycles. The van der Waals surface area contributed by atoms with E-state index in [0.29, 0.717) is 5.00 Å². The Morgan fingerprint density at radius 2 is 2.11 bits per heavy atom. The normalized spacial score (nSPS) is 10.0. The van der Waals surface area contributed by atoms with Crippen molar-refractivity contribution in [3.63, 3.8) is 0 Å². The minimum atomic E-state index is -0.613. The maximum atomic E-state index is 11.8. The van der Waals surface area contributed by atoms with Crippen molar-refractivity contribution in [1.29, 1.82) is 0 Å². The van der Waals surface area contributed by atoms with Gasteiger partial charge in [0.25, 0.3) is 11.8 Å². The molecule has 2 rings (SSSR count). The van der Waals surface area contributed by atoms with Crippen molar-refractivity contribution in [2.45, 2.75) is 0 Å². The van der Waals surface area contributed by atoms with Gasteiger partial charge >= 0.3 is 0 Å². The summed E-state index contributed by atoms with van der Waals surface area (Å²) in [5.41, 5.74) is 5.25. The maximum absolute atomic E-state index is 11.8. The van der Waals surface area contributed by atoms with E-state index in [4.69, 9.17) is 5.73 Å². The molecule has 92 valence electrons. The third-order valence-corrected chi connectivity index (χ3v) is 3.02. The molecule has 0 saturated carbocycles. The zero-order valence-corrected chi connectivity index (χ0v) is 9.91. The zero-order chi connectivity index (χ0) is 13.1. The van der Waals surface area contributed by atoms with Crippen LogP contribution in [0.25, 0.3) is 0 Å². The van der Waals surface area contributed by atoms with E-state index in [1.807, 2.05) is 0 Å². The lowest BCUT2D eigenvalue weighted by molar-refractivity contribution is 0.100. The molecule has 0 atom stereocenters. The molecule has 7 heteroatoms. The van der Waals surface area contributed by atoms with Crippen LogP contribution >= 0.6 is 11.3 Å². The van der Waals surface area contributed by atoms with Crippen LogP contribution in [0.1, 0.15) is 20.7 Å². The summed E-state index contributed by atoms with van der Waals surface area (Å²) in [6, 6.07) is 4.17. The van der Waals surface area contributed by atoms with Gasteiger partial charge in [-0.1, -0.05) is 0 Å². The Labute approximate surface area is 105 Å². The number of nitrogens with one attached hydrogen (secondary N) is 2. The predicted octanol–water partition coefficient (Wildman–Crippen LogP) is 0.788. The molecule has 4 N–H and O–H groups in total. The number of aromatic nitrogens is 1. The van der Waals surface area contributed by atoms with Gasteiger partial charge in [0.1, 0.15) is 5.00 Å². The second-order valence-corrected chi connectivity index (χ2v) is 4.34. The molecule has 0 radical (unpaired) electrons. The maximum Gasteiger partial charge on any atom is 0.256 e. The number of primary amides is 1. The Morgan fingerprint density at radius 1 is 1.33 bits per heavy atom. The highest BCUT2D eigenvalue weighted by Gasteiger charge is 2.13. The molecule has 6 nitrogen and oxygen atoms in total. The first kappa shape index (κ1) is 12.1. The minimum absolute atomic E-state index is 0.211. The third kappa shape index (κ3) is 2.46. The fraction of sp³-hybridized carbons (Fsp3) is 0. The Hall–Kier alpha value is -2.41. The Morgan fingerprint density at radius 3 is 2.78 bits per heavy atom. The SMILES string of the molecule is NC(=O)c1ccsc1NC(=O)c1cc[nH]c(=O)c1. The number of H-pyrrole nitrogens is 1. The van der Waals surface area contributed by atoms with Gasteiger partial charge in [-0.3, -0.25) is 14.4 Å². The van der Waals surface area contributed by atoms with Crippen molar-refractivity contribution >= 4 is 28.2 Å². The van der Waals surface area contributed by atoms with Crippen molar-refractivity contribution in [2.75, 3.05) is 5.32 Å². The largest absolute Gasteiger partial charge is 0.366 e. The van der Waals surface area contributed by atoms with Gasteiger partial charge in [-0.05, 0) is 17.5 Å². The number of carbonyl (C=O) groups excluding carboxylic acids is 2. The minimum Gasteiger partial charge on any atom is -0.366 e. The highest BCUT2D eigenvalue weighted by molar-refractivity contribution is 7.14. The number of carbonyl (C=O) groups is 2. The monoisotopic (exact) mass is 263 g/mol. The van der Waals surface area contributed by atoms with Gasteiger partial charge in [0, 0.05) is 17.8 Å². The molecule has 2 heterocycles. The summed E-state index contributed by atoms with van der Waals surface area (Å²) in [7, 11) is 0. The average molecular weight is 263 g/mol. The average Bonchev–Trinajstić information content (AvgIpc) is 2.77. The summed E-state index contributed by atoms with van der Waals surface area (Å²) in [4.78, 5) is 36.4. The number of hydrogen-bond acceptors (Lipinski definition) is 4. The molecular weight excluding hydrogens is 254 g/mol. The topological polar surface area (TPSA) is 105 Å². The van der Waals surface area contributed by atoms with Crippen LogP contribution in [0.4, 0.5) is 5.00 Å². The molecule has 2 aromatic heterocycles. The standard InChI is InChI=1S/C11H9N3O3S/c12-9(16)7-2-4-18-11(7)14-10(17)6-1-3-13-8(15)5-6/h1-5H,(H2,12,16)(H,13,15)(H,14,17). The van der Waals surface area contributed by atoms with Crippen LogP contribution in [-0.2, 0) is 0 Å². The lowest BCUT2D eigenvalue weighted by Crippen LogP contribution is -2.18. The van der Waals surface area contributed by atoms with Crippen LogP contribution in [0.15, 0.2) is 34.6 Å². The van der Waals surface area contributed by atoms with E-state index in [9.17, 15) is 14.4 Å². The first-order chi connectivity index (χ1) is 8.58. The van der Waals surface area contributed by atoms with Gasteiger partial charge in [0.2, 0.25) is 5.56 Å². The van der Waals surface area contributed by atoms with E-state index in [1.54, 1.807) is 5.38 Å². The number of hydrogen-bond donors (Lipinski definition) is 3. The molecule has 0 bridgehead atoms. The Bertz CT molecular complexity index is 659. The summed E-state index contributed by atoms with van der Waals surface area (Å²) >= 11 is 1.19. The van der Waals surface area contributed by atoms with Crippen molar-refractivity contribution in [3.05, 3.63) is 51.3 Å². The van der Waals surface area contributed by atoms with E-state index in [0.717, 1.165) is 0 Å².